The van der Waals surface area contributed by atoms with Gasteiger partial charge in [-0.2, -0.15) is 0 Å². The fourth-order valence-corrected chi connectivity index (χ4v) is 3.52. The molecule has 0 heterocycles. The molecule has 18 heavy (non-hydrogen) atoms. The van der Waals surface area contributed by atoms with E-state index in [1.165, 1.54) is 36.0 Å². The number of hydrogen-bond acceptors (Lipinski definition) is 2. The van der Waals surface area contributed by atoms with Gasteiger partial charge < -0.3 is 11.5 Å². The van der Waals surface area contributed by atoms with Crippen LogP contribution in [0.4, 0.5) is 5.69 Å². The van der Waals surface area contributed by atoms with Gasteiger partial charge in [-0.15, -0.1) is 0 Å². The summed E-state index contributed by atoms with van der Waals surface area (Å²) in [6, 6.07) is 4.28. The van der Waals surface area contributed by atoms with Gasteiger partial charge in [-0.3, -0.25) is 0 Å². The van der Waals surface area contributed by atoms with Crippen molar-refractivity contribution in [2.45, 2.75) is 39.0 Å². The fourth-order valence-electron chi connectivity index (χ4n) is 3.52. The summed E-state index contributed by atoms with van der Waals surface area (Å²) in [4.78, 5) is 0. The Hall–Kier alpha value is -1.44. The van der Waals surface area contributed by atoms with Gasteiger partial charge in [0, 0.05) is 17.3 Å². The van der Waals surface area contributed by atoms with Crippen LogP contribution >= 0.6 is 0 Å². The Morgan fingerprint density at radius 3 is 2.89 bits per heavy atom. The zero-order valence-electron chi connectivity index (χ0n) is 11.1. The van der Waals surface area contributed by atoms with Crippen LogP contribution in [0, 0.1) is 18.8 Å². The van der Waals surface area contributed by atoms with E-state index < -0.39 is 0 Å². The van der Waals surface area contributed by atoms with Gasteiger partial charge in [0.2, 0.25) is 0 Å². The number of nitrogens with two attached hydrogens (primary N) is 2. The molecule has 96 valence electrons. The highest BCUT2D eigenvalue weighted by atomic mass is 14.6. The Balaban J connectivity index is 2.06. The van der Waals surface area contributed by atoms with Gasteiger partial charge >= 0.3 is 0 Å². The quantitative estimate of drug-likeness (QED) is 0.687. The van der Waals surface area contributed by atoms with Crippen LogP contribution in [0.5, 0.6) is 0 Å². The van der Waals surface area contributed by atoms with Crippen molar-refractivity contribution in [1.29, 1.82) is 0 Å². The van der Waals surface area contributed by atoms with E-state index in [9.17, 15) is 0 Å². The summed E-state index contributed by atoms with van der Waals surface area (Å²) < 4.78 is 0. The minimum atomic E-state index is 0.498. The number of rotatable bonds is 0. The van der Waals surface area contributed by atoms with Crippen LogP contribution < -0.4 is 11.5 Å². The molecule has 2 unspecified atom stereocenters. The highest BCUT2D eigenvalue weighted by Gasteiger charge is 2.26. The SMILES string of the molecule is Cc1c2ccc(N)c1CC1CC(CC=C1N)CC2. The third kappa shape index (κ3) is 1.90. The maximum Gasteiger partial charge on any atom is 0.0349 e. The van der Waals surface area contributed by atoms with Crippen LogP contribution in [0.2, 0.25) is 0 Å². The monoisotopic (exact) mass is 242 g/mol. The molecule has 3 rings (SSSR count). The molecular formula is C16H22N2. The Morgan fingerprint density at radius 2 is 2.06 bits per heavy atom. The topological polar surface area (TPSA) is 52.0 Å². The maximum atomic E-state index is 6.18. The Kier molecular flexibility index (Phi) is 2.81. The van der Waals surface area contributed by atoms with E-state index in [1.54, 1.807) is 0 Å². The van der Waals surface area contributed by atoms with Crippen LogP contribution in [-0.2, 0) is 12.8 Å². The Morgan fingerprint density at radius 1 is 1.22 bits per heavy atom. The molecule has 2 nitrogen and oxygen atoms in total. The molecule has 2 aliphatic rings. The molecule has 2 aliphatic carbocycles. The second-order valence-electron chi connectivity index (χ2n) is 5.90. The number of anilines is 1. The van der Waals surface area contributed by atoms with Crippen molar-refractivity contribution >= 4 is 5.69 Å². The van der Waals surface area contributed by atoms with E-state index in [4.69, 9.17) is 11.5 Å². The minimum Gasteiger partial charge on any atom is -0.402 e. The molecule has 1 aromatic rings. The van der Waals surface area contributed by atoms with Gasteiger partial charge in [0.25, 0.3) is 0 Å². The molecule has 0 radical (unpaired) electrons. The number of allylic oxidation sites excluding steroid dienone is 2. The Bertz CT molecular complexity index is 502. The van der Waals surface area contributed by atoms with Crippen molar-refractivity contribution < 1.29 is 0 Å². The highest BCUT2D eigenvalue weighted by molar-refractivity contribution is 5.54. The number of fused-ring (bicyclic) bond motifs is 4. The van der Waals surface area contributed by atoms with Gasteiger partial charge in [-0.25, -0.2) is 0 Å². The molecule has 1 aromatic carbocycles. The number of benzene rings is 1. The minimum absolute atomic E-state index is 0.498. The lowest BCUT2D eigenvalue weighted by Crippen LogP contribution is -2.23. The first kappa shape index (κ1) is 11.6. The number of hydrogen-bond donors (Lipinski definition) is 2. The number of aryl methyl sites for hydroxylation is 1. The van der Waals surface area contributed by atoms with Gasteiger partial charge in [0.1, 0.15) is 0 Å². The molecule has 4 bridgehead atoms. The lowest BCUT2D eigenvalue weighted by molar-refractivity contribution is 0.362. The number of nitrogen functional groups attached to an aromatic ring is 1. The van der Waals surface area contributed by atoms with Crippen molar-refractivity contribution in [1.82, 2.24) is 0 Å². The molecule has 4 N–H and O–H groups in total. The average Bonchev–Trinajstić information content (AvgIpc) is 2.38. The van der Waals surface area contributed by atoms with Gasteiger partial charge in [-0.1, -0.05) is 12.1 Å². The van der Waals surface area contributed by atoms with E-state index in [0.29, 0.717) is 5.92 Å². The molecule has 0 aliphatic heterocycles. The summed E-state index contributed by atoms with van der Waals surface area (Å²) in [5, 5.41) is 0. The van der Waals surface area contributed by atoms with Crippen molar-refractivity contribution in [3.05, 3.63) is 40.6 Å². The summed E-state index contributed by atoms with van der Waals surface area (Å²) >= 11 is 0. The van der Waals surface area contributed by atoms with Crippen LogP contribution in [0.15, 0.2) is 23.9 Å². The third-order valence-electron chi connectivity index (χ3n) is 4.80. The average molecular weight is 242 g/mol. The molecule has 0 amide bonds. The molecular weight excluding hydrogens is 220 g/mol. The van der Waals surface area contributed by atoms with Crippen molar-refractivity contribution in [3.63, 3.8) is 0 Å². The zero-order chi connectivity index (χ0) is 12.7. The molecule has 2 atom stereocenters. The normalized spacial score (nSPS) is 26.8. The summed E-state index contributed by atoms with van der Waals surface area (Å²) in [7, 11) is 0. The molecule has 0 aromatic heterocycles. The molecule has 0 saturated carbocycles. The van der Waals surface area contributed by atoms with Crippen molar-refractivity contribution in [2.75, 3.05) is 5.73 Å². The van der Waals surface area contributed by atoms with Crippen LogP contribution in [-0.4, -0.2) is 0 Å². The molecule has 2 heteroatoms. The lowest BCUT2D eigenvalue weighted by atomic mass is 9.80. The summed E-state index contributed by atoms with van der Waals surface area (Å²) in [5.41, 5.74) is 18.6. The predicted molar refractivity (Wildman–Crippen MR) is 76.1 cm³/mol. The van der Waals surface area contributed by atoms with Gasteiger partial charge in [0.15, 0.2) is 0 Å². The first-order valence-corrected chi connectivity index (χ1v) is 6.97. The van der Waals surface area contributed by atoms with Gasteiger partial charge in [-0.05, 0) is 67.7 Å². The third-order valence-corrected chi connectivity index (χ3v) is 4.80. The van der Waals surface area contributed by atoms with E-state index >= 15 is 0 Å². The zero-order valence-corrected chi connectivity index (χ0v) is 11.1. The van der Waals surface area contributed by atoms with Crippen molar-refractivity contribution in [2.24, 2.45) is 17.6 Å². The van der Waals surface area contributed by atoms with Crippen LogP contribution in [0.1, 0.15) is 36.0 Å². The maximum absolute atomic E-state index is 6.18. The second-order valence-corrected chi connectivity index (χ2v) is 5.90. The first-order chi connectivity index (χ1) is 8.65. The summed E-state index contributed by atoms with van der Waals surface area (Å²) in [6.07, 6.45) is 8.13. The van der Waals surface area contributed by atoms with E-state index in [2.05, 4.69) is 25.1 Å². The van der Waals surface area contributed by atoms with Crippen LogP contribution in [0.3, 0.4) is 0 Å². The predicted octanol–water partition coefficient (Wildman–Crippen LogP) is 2.93. The molecule has 0 saturated heterocycles. The van der Waals surface area contributed by atoms with Crippen LogP contribution in [0.25, 0.3) is 0 Å². The van der Waals surface area contributed by atoms with Gasteiger partial charge in [0.05, 0.1) is 0 Å². The van der Waals surface area contributed by atoms with Crippen molar-refractivity contribution in [3.8, 4) is 0 Å². The van der Waals surface area contributed by atoms with E-state index in [1.807, 2.05) is 0 Å². The standard InChI is InChI=1S/C16H22N2/c1-10-12-4-2-11-3-6-15(17)13(8-11)9-14(10)16(18)7-5-12/h5-7,11,13H,2-4,8-9,17-18H2,1H3. The summed E-state index contributed by atoms with van der Waals surface area (Å²) in [5.74, 6) is 1.30. The fraction of sp³-hybridized carbons (Fsp3) is 0.500. The summed E-state index contributed by atoms with van der Waals surface area (Å²) in [6.45, 7) is 2.22. The lowest BCUT2D eigenvalue weighted by Gasteiger charge is -2.27. The molecule has 0 spiro atoms. The molecule has 0 fully saturated rings. The largest absolute Gasteiger partial charge is 0.402 e. The second kappa shape index (κ2) is 4.34. The van der Waals surface area contributed by atoms with E-state index in [0.717, 1.165) is 30.1 Å². The highest BCUT2D eigenvalue weighted by Crippen LogP contribution is 2.36. The Labute approximate surface area is 109 Å². The smallest absolute Gasteiger partial charge is 0.0349 e. The van der Waals surface area contributed by atoms with E-state index in [-0.39, 0.29) is 0 Å². The first-order valence-electron chi connectivity index (χ1n) is 6.97.